The summed E-state index contributed by atoms with van der Waals surface area (Å²) in [4.78, 5) is 28.8. The normalized spacial score (nSPS) is 21.8. The molecule has 15 heteroatoms. The van der Waals surface area contributed by atoms with Crippen LogP contribution in [0.2, 0.25) is 0 Å². The second-order valence-corrected chi connectivity index (χ2v) is 11.6. The van der Waals surface area contributed by atoms with Crippen molar-refractivity contribution in [2.24, 2.45) is 0 Å². The van der Waals surface area contributed by atoms with Gasteiger partial charge in [0.2, 0.25) is 11.6 Å². The molecular weight excluding hydrogens is 580 g/mol. The minimum Gasteiger partial charge on any atom is -0.378 e. The number of carbonyl (C=O) groups excluding carboxylic acids is 1. The lowest BCUT2D eigenvalue weighted by atomic mass is 9.88. The maximum Gasteiger partial charge on any atom is 0.433 e. The Morgan fingerprint density at radius 3 is 2.51 bits per heavy atom. The predicted octanol–water partition coefficient (Wildman–Crippen LogP) is 4.40. The highest BCUT2D eigenvalue weighted by Crippen LogP contribution is 2.43. The van der Waals surface area contributed by atoms with Crippen molar-refractivity contribution in [3.05, 3.63) is 65.4 Å². The minimum absolute atomic E-state index is 0.0432. The molecule has 2 saturated heterocycles. The van der Waals surface area contributed by atoms with Crippen LogP contribution < -0.4 is 10.2 Å². The monoisotopic (exact) mass is 611 g/mol. The molecule has 232 valence electrons. The minimum atomic E-state index is -4.65. The number of aromatic nitrogens is 4. The molecule has 0 saturated carbocycles. The zero-order valence-electron chi connectivity index (χ0n) is 23.8. The maximum atomic E-state index is 16.8. The fraction of sp³-hybridized carbons (Fsp3) is 0.500. The third kappa shape index (κ3) is 6.32. The lowest BCUT2D eigenvalue weighted by Gasteiger charge is -2.32. The highest BCUT2D eigenvalue weighted by Gasteiger charge is 2.57. The van der Waals surface area contributed by atoms with E-state index in [-0.39, 0.29) is 30.5 Å². The Kier molecular flexibility index (Phi) is 8.15. The Bertz CT molecular complexity index is 1480. The molecule has 3 aromatic heterocycles. The molecule has 2 fully saturated rings. The van der Waals surface area contributed by atoms with Crippen molar-refractivity contribution < 1.29 is 35.9 Å². The molecule has 0 aromatic carbocycles. The van der Waals surface area contributed by atoms with E-state index in [1.54, 1.807) is 9.80 Å². The predicted molar refractivity (Wildman–Crippen MR) is 144 cm³/mol. The lowest BCUT2D eigenvalue weighted by Crippen LogP contribution is -2.47. The number of rotatable bonds is 6. The van der Waals surface area contributed by atoms with Gasteiger partial charge in [-0.15, -0.1) is 0 Å². The van der Waals surface area contributed by atoms with Gasteiger partial charge in [0.15, 0.2) is 0 Å². The van der Waals surface area contributed by atoms with Crippen LogP contribution >= 0.6 is 0 Å². The Hall–Kier alpha value is -3.72. The highest BCUT2D eigenvalue weighted by atomic mass is 19.4. The van der Waals surface area contributed by atoms with E-state index in [1.807, 2.05) is 20.8 Å². The number of hydrogen-bond acceptors (Lipinski definition) is 7. The number of imidazole rings is 1. The molecule has 2 aliphatic heterocycles. The molecule has 0 unspecified atom stereocenters. The lowest BCUT2D eigenvalue weighted by molar-refractivity contribution is -0.141. The van der Waals surface area contributed by atoms with Crippen LogP contribution in [0.4, 0.5) is 38.1 Å². The van der Waals surface area contributed by atoms with Crippen LogP contribution in [0.1, 0.15) is 43.6 Å². The molecule has 1 amide bonds. The maximum absolute atomic E-state index is 16.8. The Morgan fingerprint density at radius 2 is 1.86 bits per heavy atom. The van der Waals surface area contributed by atoms with Crippen LogP contribution in [0, 0.1) is 11.6 Å². The van der Waals surface area contributed by atoms with E-state index in [1.165, 1.54) is 23.0 Å². The van der Waals surface area contributed by atoms with Crippen LogP contribution in [0.3, 0.4) is 0 Å². The molecule has 2 aliphatic rings. The van der Waals surface area contributed by atoms with Gasteiger partial charge in [0, 0.05) is 55.7 Å². The highest BCUT2D eigenvalue weighted by molar-refractivity contribution is 5.97. The summed E-state index contributed by atoms with van der Waals surface area (Å²) < 4.78 is 92.4. The van der Waals surface area contributed by atoms with Gasteiger partial charge in [-0.3, -0.25) is 20.0 Å². The molecule has 0 spiro atoms. The number of nitrogens with zero attached hydrogens (tertiary/aromatic N) is 6. The van der Waals surface area contributed by atoms with Crippen LogP contribution in [-0.4, -0.2) is 80.9 Å². The van der Waals surface area contributed by atoms with E-state index >= 15 is 4.39 Å². The van der Waals surface area contributed by atoms with E-state index in [0.29, 0.717) is 37.9 Å². The summed E-state index contributed by atoms with van der Waals surface area (Å²) in [6.45, 7) is 6.26. The number of alkyl halides is 4. The number of amides is 1. The number of likely N-dealkylation sites (tertiary alicyclic amines) is 1. The van der Waals surface area contributed by atoms with E-state index < -0.39 is 53.1 Å². The summed E-state index contributed by atoms with van der Waals surface area (Å²) in [5.74, 6) is -4.43. The number of morpholine rings is 1. The van der Waals surface area contributed by atoms with Gasteiger partial charge in [0.1, 0.15) is 23.1 Å². The van der Waals surface area contributed by atoms with Crippen LogP contribution in [-0.2, 0) is 22.3 Å². The fourth-order valence-corrected chi connectivity index (χ4v) is 5.30. The van der Waals surface area contributed by atoms with Gasteiger partial charge in [0.25, 0.3) is 5.91 Å². The Morgan fingerprint density at radius 1 is 1.14 bits per heavy atom. The van der Waals surface area contributed by atoms with Gasteiger partial charge in [-0.2, -0.15) is 13.2 Å². The zero-order valence-corrected chi connectivity index (χ0v) is 23.8. The summed E-state index contributed by atoms with van der Waals surface area (Å²) >= 11 is 0. The van der Waals surface area contributed by atoms with Gasteiger partial charge in [0.05, 0.1) is 37.6 Å². The van der Waals surface area contributed by atoms with Crippen molar-refractivity contribution in [2.45, 2.75) is 50.6 Å². The Labute approximate surface area is 243 Å². The number of anilines is 2. The second kappa shape index (κ2) is 11.4. The van der Waals surface area contributed by atoms with Crippen molar-refractivity contribution in [3.8, 4) is 0 Å². The first-order valence-electron chi connectivity index (χ1n) is 13.6. The molecular formula is C28H31F6N7O2. The van der Waals surface area contributed by atoms with Crippen molar-refractivity contribution in [2.75, 3.05) is 49.6 Å². The first kappa shape index (κ1) is 30.7. The van der Waals surface area contributed by atoms with Crippen molar-refractivity contribution >= 4 is 17.7 Å². The molecule has 0 bridgehead atoms. The van der Waals surface area contributed by atoms with E-state index in [0.717, 1.165) is 12.3 Å². The second-order valence-electron chi connectivity index (χ2n) is 11.6. The quantitative estimate of drug-likeness (QED) is 0.414. The third-order valence-electron chi connectivity index (χ3n) is 7.71. The average Bonchev–Trinajstić information content (AvgIpc) is 3.53. The number of hydrogen-bond donors (Lipinski definition) is 1. The number of nitrogens with one attached hydrogen (secondary N) is 1. The molecule has 5 rings (SSSR count). The van der Waals surface area contributed by atoms with E-state index in [9.17, 15) is 26.7 Å². The third-order valence-corrected chi connectivity index (χ3v) is 7.71. The molecule has 9 nitrogen and oxygen atoms in total. The summed E-state index contributed by atoms with van der Waals surface area (Å²) in [6.07, 6.45) is -1.05. The smallest absolute Gasteiger partial charge is 0.378 e. The molecule has 2 atom stereocenters. The van der Waals surface area contributed by atoms with Gasteiger partial charge in [-0.25, -0.2) is 23.1 Å². The molecule has 0 radical (unpaired) electrons. The topological polar surface area (TPSA) is 88.4 Å². The first-order valence-corrected chi connectivity index (χ1v) is 13.6. The standard InChI is InChI=1S/C28H31F6N7O2/c1-26(2,3)41-15-19(22-20(30)12-18(29)13-36-22)27(31,16-41)24(42)38-25-35-6-7-40(25)14-17-4-5-21(28(32,33)34)37-23(17)39-8-10-43-11-9-39/h4-7,12-13,19H,8-11,14-16H2,1-3H3,(H,35,38,42)/t19-,27-/m0/s1. The SMILES string of the molecule is CC(C)(C)N1C[C@@H](c2ncc(F)cc2F)[C@](F)(C(=O)Nc2nccn2Cc2ccc(C(F)(F)F)nc2N2CCOCC2)C1. The van der Waals surface area contributed by atoms with Crippen LogP contribution in [0.25, 0.3) is 0 Å². The van der Waals surface area contributed by atoms with Crippen molar-refractivity contribution in [1.82, 2.24) is 24.4 Å². The Balaban J connectivity index is 1.44. The molecule has 3 aromatic rings. The van der Waals surface area contributed by atoms with Gasteiger partial charge in [-0.05, 0) is 26.8 Å². The van der Waals surface area contributed by atoms with Crippen molar-refractivity contribution in [3.63, 3.8) is 0 Å². The number of halogens is 6. The zero-order chi connectivity index (χ0) is 31.2. The summed E-state index contributed by atoms with van der Waals surface area (Å²) in [7, 11) is 0. The molecule has 0 aliphatic carbocycles. The van der Waals surface area contributed by atoms with E-state index in [4.69, 9.17) is 4.74 Å². The largest absolute Gasteiger partial charge is 0.433 e. The first-order chi connectivity index (χ1) is 20.2. The van der Waals surface area contributed by atoms with Gasteiger partial charge < -0.3 is 14.2 Å². The molecule has 43 heavy (non-hydrogen) atoms. The molecule has 5 heterocycles. The summed E-state index contributed by atoms with van der Waals surface area (Å²) in [6, 6.07) is 2.77. The summed E-state index contributed by atoms with van der Waals surface area (Å²) in [5.41, 5.74) is -4.28. The van der Waals surface area contributed by atoms with Gasteiger partial charge in [-0.1, -0.05) is 6.07 Å². The summed E-state index contributed by atoms with van der Waals surface area (Å²) in [5, 5.41) is 2.48. The number of carbonyl (C=O) groups is 1. The van der Waals surface area contributed by atoms with Gasteiger partial charge >= 0.3 is 6.18 Å². The van der Waals surface area contributed by atoms with E-state index in [2.05, 4.69) is 20.3 Å². The number of pyridine rings is 2. The fourth-order valence-electron chi connectivity index (χ4n) is 5.30. The molecule has 1 N–H and O–H groups in total. The number of ether oxygens (including phenoxy) is 1. The van der Waals surface area contributed by atoms with Crippen LogP contribution in [0.5, 0.6) is 0 Å². The van der Waals surface area contributed by atoms with Crippen LogP contribution in [0.15, 0.2) is 36.8 Å². The van der Waals surface area contributed by atoms with Crippen molar-refractivity contribution in [1.29, 1.82) is 0 Å². The average molecular weight is 612 g/mol.